The van der Waals surface area contributed by atoms with E-state index in [4.69, 9.17) is 5.73 Å². The molecule has 0 heterocycles. The Labute approximate surface area is 127 Å². The van der Waals surface area contributed by atoms with Gasteiger partial charge < -0.3 is 11.1 Å². The van der Waals surface area contributed by atoms with Gasteiger partial charge in [-0.05, 0) is 41.8 Å². The normalized spacial score (nSPS) is 10.3. The van der Waals surface area contributed by atoms with Crippen molar-refractivity contribution in [3.8, 4) is 0 Å². The standard InChI is InChI=1S/C16H17BrN2O/c1-2-12-5-8-14(10-15(12)18)19-16(20)9-11-3-6-13(17)7-4-11/h3-8,10H,2,9,18H2,1H3,(H,19,20). The number of aryl methyl sites for hydroxylation is 1. The van der Waals surface area contributed by atoms with Gasteiger partial charge in [-0.25, -0.2) is 0 Å². The minimum Gasteiger partial charge on any atom is -0.398 e. The van der Waals surface area contributed by atoms with E-state index < -0.39 is 0 Å². The van der Waals surface area contributed by atoms with Crippen LogP contribution in [0.4, 0.5) is 11.4 Å². The Hall–Kier alpha value is -1.81. The predicted octanol–water partition coefficient (Wildman–Crippen LogP) is 3.77. The highest BCUT2D eigenvalue weighted by molar-refractivity contribution is 9.10. The lowest BCUT2D eigenvalue weighted by Gasteiger charge is -2.08. The van der Waals surface area contributed by atoms with Crippen molar-refractivity contribution in [2.75, 3.05) is 11.1 Å². The van der Waals surface area contributed by atoms with Crippen LogP contribution in [0.15, 0.2) is 46.9 Å². The summed E-state index contributed by atoms with van der Waals surface area (Å²) in [5, 5.41) is 2.87. The zero-order chi connectivity index (χ0) is 14.5. The molecule has 3 N–H and O–H groups in total. The van der Waals surface area contributed by atoms with E-state index >= 15 is 0 Å². The SMILES string of the molecule is CCc1ccc(NC(=O)Cc2ccc(Br)cc2)cc1N. The van der Waals surface area contributed by atoms with E-state index in [1.54, 1.807) is 6.07 Å². The maximum atomic E-state index is 12.0. The highest BCUT2D eigenvalue weighted by atomic mass is 79.9. The molecule has 0 spiro atoms. The Morgan fingerprint density at radius 1 is 1.20 bits per heavy atom. The lowest BCUT2D eigenvalue weighted by atomic mass is 10.1. The van der Waals surface area contributed by atoms with Crippen LogP contribution in [0, 0.1) is 0 Å². The maximum absolute atomic E-state index is 12.0. The molecule has 1 amide bonds. The number of carbonyl (C=O) groups excluding carboxylic acids is 1. The summed E-state index contributed by atoms with van der Waals surface area (Å²) in [6.45, 7) is 2.05. The third-order valence-electron chi connectivity index (χ3n) is 3.09. The minimum atomic E-state index is -0.0454. The fraction of sp³-hybridized carbons (Fsp3) is 0.188. The summed E-state index contributed by atoms with van der Waals surface area (Å²) in [5.41, 5.74) is 9.44. The second-order valence-electron chi connectivity index (χ2n) is 4.62. The second kappa shape index (κ2) is 6.57. The van der Waals surface area contributed by atoms with Gasteiger partial charge in [0, 0.05) is 15.8 Å². The van der Waals surface area contributed by atoms with Crippen LogP contribution < -0.4 is 11.1 Å². The van der Waals surface area contributed by atoms with E-state index in [0.29, 0.717) is 12.1 Å². The molecule has 2 aromatic carbocycles. The van der Waals surface area contributed by atoms with Crippen LogP contribution >= 0.6 is 15.9 Å². The first-order chi connectivity index (χ1) is 9.58. The van der Waals surface area contributed by atoms with Crippen LogP contribution in [0.3, 0.4) is 0 Å². The molecule has 0 aliphatic carbocycles. The third-order valence-corrected chi connectivity index (χ3v) is 3.62. The minimum absolute atomic E-state index is 0.0454. The Bertz CT molecular complexity index is 608. The van der Waals surface area contributed by atoms with Gasteiger partial charge in [0.1, 0.15) is 0 Å². The Balaban J connectivity index is 2.01. The van der Waals surface area contributed by atoms with Gasteiger partial charge in [-0.2, -0.15) is 0 Å². The summed E-state index contributed by atoms with van der Waals surface area (Å²) in [5.74, 6) is -0.0454. The summed E-state index contributed by atoms with van der Waals surface area (Å²) in [6.07, 6.45) is 1.24. The summed E-state index contributed by atoms with van der Waals surface area (Å²) in [4.78, 5) is 12.0. The number of amides is 1. The van der Waals surface area contributed by atoms with Crippen molar-refractivity contribution in [2.45, 2.75) is 19.8 Å². The number of halogens is 1. The molecule has 0 aliphatic heterocycles. The van der Waals surface area contributed by atoms with E-state index in [-0.39, 0.29) is 5.91 Å². The van der Waals surface area contributed by atoms with Gasteiger partial charge in [0.25, 0.3) is 0 Å². The maximum Gasteiger partial charge on any atom is 0.228 e. The Morgan fingerprint density at radius 3 is 2.50 bits per heavy atom. The first-order valence-corrected chi connectivity index (χ1v) is 7.30. The van der Waals surface area contributed by atoms with Crippen molar-refractivity contribution in [1.29, 1.82) is 0 Å². The molecule has 3 nitrogen and oxygen atoms in total. The fourth-order valence-corrected chi connectivity index (χ4v) is 2.25. The zero-order valence-electron chi connectivity index (χ0n) is 11.3. The van der Waals surface area contributed by atoms with Crippen molar-refractivity contribution in [3.05, 3.63) is 58.1 Å². The summed E-state index contributed by atoms with van der Waals surface area (Å²) < 4.78 is 1.00. The molecule has 0 fully saturated rings. The molecule has 0 unspecified atom stereocenters. The monoisotopic (exact) mass is 332 g/mol. The number of nitrogens with two attached hydrogens (primary N) is 1. The topological polar surface area (TPSA) is 55.1 Å². The van der Waals surface area contributed by atoms with Crippen molar-refractivity contribution in [1.82, 2.24) is 0 Å². The molecule has 0 saturated carbocycles. The molecular weight excluding hydrogens is 316 g/mol. The number of nitrogen functional groups attached to an aromatic ring is 1. The summed E-state index contributed by atoms with van der Waals surface area (Å²) in [7, 11) is 0. The molecule has 2 rings (SSSR count). The highest BCUT2D eigenvalue weighted by Crippen LogP contribution is 2.19. The van der Waals surface area contributed by atoms with E-state index in [2.05, 4.69) is 28.2 Å². The largest absolute Gasteiger partial charge is 0.398 e. The molecule has 0 radical (unpaired) electrons. The van der Waals surface area contributed by atoms with Crippen molar-refractivity contribution in [2.24, 2.45) is 0 Å². The zero-order valence-corrected chi connectivity index (χ0v) is 12.9. The first kappa shape index (κ1) is 14.6. The number of hydrogen-bond donors (Lipinski definition) is 2. The summed E-state index contributed by atoms with van der Waals surface area (Å²) >= 11 is 3.37. The van der Waals surface area contributed by atoms with E-state index in [0.717, 1.165) is 27.7 Å². The number of benzene rings is 2. The van der Waals surface area contributed by atoms with Gasteiger partial charge in [-0.15, -0.1) is 0 Å². The molecule has 0 saturated heterocycles. The van der Waals surface area contributed by atoms with Crippen LogP contribution in [-0.4, -0.2) is 5.91 Å². The molecule has 2 aromatic rings. The number of hydrogen-bond acceptors (Lipinski definition) is 2. The van der Waals surface area contributed by atoms with Crippen LogP contribution in [0.5, 0.6) is 0 Å². The highest BCUT2D eigenvalue weighted by Gasteiger charge is 2.05. The average molecular weight is 333 g/mol. The number of rotatable bonds is 4. The van der Waals surface area contributed by atoms with Crippen molar-refractivity contribution >= 4 is 33.2 Å². The number of carbonyl (C=O) groups is 1. The second-order valence-corrected chi connectivity index (χ2v) is 5.53. The van der Waals surface area contributed by atoms with Crippen LogP contribution in [-0.2, 0) is 17.6 Å². The Morgan fingerprint density at radius 2 is 1.90 bits per heavy atom. The third kappa shape index (κ3) is 3.84. The van der Waals surface area contributed by atoms with Gasteiger partial charge in [-0.1, -0.05) is 41.1 Å². The molecule has 0 aromatic heterocycles. The first-order valence-electron chi connectivity index (χ1n) is 6.51. The average Bonchev–Trinajstić information content (AvgIpc) is 2.41. The van der Waals surface area contributed by atoms with Crippen LogP contribution in [0.25, 0.3) is 0 Å². The van der Waals surface area contributed by atoms with Crippen LogP contribution in [0.1, 0.15) is 18.1 Å². The van der Waals surface area contributed by atoms with Crippen molar-refractivity contribution < 1.29 is 4.79 Å². The molecule has 0 atom stereocenters. The van der Waals surface area contributed by atoms with E-state index in [1.807, 2.05) is 36.4 Å². The lowest BCUT2D eigenvalue weighted by molar-refractivity contribution is -0.115. The van der Waals surface area contributed by atoms with Gasteiger partial charge in [0.2, 0.25) is 5.91 Å². The van der Waals surface area contributed by atoms with Gasteiger partial charge >= 0.3 is 0 Å². The smallest absolute Gasteiger partial charge is 0.228 e. The molecule has 104 valence electrons. The van der Waals surface area contributed by atoms with Crippen molar-refractivity contribution in [3.63, 3.8) is 0 Å². The molecule has 20 heavy (non-hydrogen) atoms. The predicted molar refractivity (Wildman–Crippen MR) is 86.7 cm³/mol. The molecule has 4 heteroatoms. The number of nitrogens with one attached hydrogen (secondary N) is 1. The quantitative estimate of drug-likeness (QED) is 0.837. The van der Waals surface area contributed by atoms with Gasteiger partial charge in [-0.3, -0.25) is 4.79 Å². The molecule has 0 bridgehead atoms. The molecule has 0 aliphatic rings. The van der Waals surface area contributed by atoms with E-state index in [9.17, 15) is 4.79 Å². The summed E-state index contributed by atoms with van der Waals surface area (Å²) in [6, 6.07) is 13.3. The van der Waals surface area contributed by atoms with E-state index in [1.165, 1.54) is 0 Å². The lowest BCUT2D eigenvalue weighted by Crippen LogP contribution is -2.14. The number of anilines is 2. The Kier molecular flexibility index (Phi) is 4.79. The van der Waals surface area contributed by atoms with Gasteiger partial charge in [0.05, 0.1) is 6.42 Å². The van der Waals surface area contributed by atoms with Gasteiger partial charge in [0.15, 0.2) is 0 Å². The van der Waals surface area contributed by atoms with Crippen LogP contribution in [0.2, 0.25) is 0 Å². The fourth-order valence-electron chi connectivity index (χ4n) is 1.99. The molecular formula is C16H17BrN2O.